The Morgan fingerprint density at radius 2 is 1.65 bits per heavy atom. The molecule has 2 aliphatic rings. The van der Waals surface area contributed by atoms with Gasteiger partial charge < -0.3 is 20.2 Å². The Hall–Kier alpha value is -2.22. The van der Waals surface area contributed by atoms with Gasteiger partial charge in [-0.25, -0.2) is 4.79 Å². The van der Waals surface area contributed by atoms with Crippen LogP contribution in [-0.2, 0) is 29.9 Å². The number of carbonyl (C=O) groups excluding carboxylic acids is 1. The SMILES string of the molecule is CC(C)[C@@H](O)OP(=O)(CCCCc1ccccc1)CC(=O)N1C[C@H](C2CCCCC2)C[C@H]1C(=O)O.CCC(=O)O. The Morgan fingerprint density at radius 3 is 2.20 bits per heavy atom. The lowest BCUT2D eigenvalue weighted by Crippen LogP contribution is -2.42. The normalized spacial score (nSPS) is 21.8. The number of aliphatic hydroxyl groups excluding tert-OH is 1. The van der Waals surface area contributed by atoms with Crippen molar-refractivity contribution in [1.82, 2.24) is 4.90 Å². The minimum absolute atomic E-state index is 0.174. The van der Waals surface area contributed by atoms with Crippen molar-refractivity contribution in [2.45, 2.75) is 97.3 Å². The van der Waals surface area contributed by atoms with E-state index in [1.54, 1.807) is 20.8 Å². The number of amides is 1. The molecule has 1 aromatic rings. The Labute approximate surface area is 238 Å². The van der Waals surface area contributed by atoms with Gasteiger partial charge in [0.25, 0.3) is 0 Å². The Bertz CT molecular complexity index is 979. The quantitative estimate of drug-likeness (QED) is 0.154. The van der Waals surface area contributed by atoms with Crippen LogP contribution in [0.4, 0.5) is 0 Å². The third kappa shape index (κ3) is 11.3. The van der Waals surface area contributed by atoms with Gasteiger partial charge in [-0.3, -0.25) is 18.7 Å². The highest BCUT2D eigenvalue weighted by Gasteiger charge is 2.44. The zero-order valence-corrected chi connectivity index (χ0v) is 25.1. The van der Waals surface area contributed by atoms with E-state index in [1.165, 1.54) is 16.9 Å². The largest absolute Gasteiger partial charge is 0.481 e. The Morgan fingerprint density at radius 1 is 1.02 bits per heavy atom. The molecule has 1 aliphatic heterocycles. The summed E-state index contributed by atoms with van der Waals surface area (Å²) in [5.74, 6) is -1.82. The molecule has 1 saturated heterocycles. The summed E-state index contributed by atoms with van der Waals surface area (Å²) in [6, 6.07) is 9.14. The maximum absolute atomic E-state index is 13.8. The summed E-state index contributed by atoms with van der Waals surface area (Å²) in [6.45, 7) is 5.54. The van der Waals surface area contributed by atoms with Crippen molar-refractivity contribution in [3.63, 3.8) is 0 Å². The molecule has 1 aromatic carbocycles. The van der Waals surface area contributed by atoms with Crippen molar-refractivity contribution in [1.29, 1.82) is 0 Å². The summed E-state index contributed by atoms with van der Waals surface area (Å²) in [6.07, 6.45) is 7.20. The fraction of sp³-hybridized carbons (Fsp3) is 0.700. The number of aryl methyl sites for hydroxylation is 1. The summed E-state index contributed by atoms with van der Waals surface area (Å²) < 4.78 is 19.4. The van der Waals surface area contributed by atoms with Crippen molar-refractivity contribution in [3.05, 3.63) is 35.9 Å². The number of carboxylic acid groups (broad SMARTS) is 2. The molecule has 1 amide bonds. The van der Waals surface area contributed by atoms with Crippen LogP contribution in [-0.4, -0.2) is 69.3 Å². The first-order valence-corrected chi connectivity index (χ1v) is 16.7. The highest BCUT2D eigenvalue weighted by atomic mass is 31.2. The summed E-state index contributed by atoms with van der Waals surface area (Å²) in [5.41, 5.74) is 1.19. The summed E-state index contributed by atoms with van der Waals surface area (Å²) in [4.78, 5) is 36.1. The van der Waals surface area contributed by atoms with Crippen LogP contribution in [0.15, 0.2) is 30.3 Å². The molecule has 226 valence electrons. The van der Waals surface area contributed by atoms with Gasteiger partial charge in [0.15, 0.2) is 6.29 Å². The van der Waals surface area contributed by atoms with Gasteiger partial charge in [-0.1, -0.05) is 83.2 Å². The molecule has 40 heavy (non-hydrogen) atoms. The third-order valence-electron chi connectivity index (χ3n) is 7.86. The van der Waals surface area contributed by atoms with Gasteiger partial charge >= 0.3 is 11.9 Å². The summed E-state index contributed by atoms with van der Waals surface area (Å²) in [5, 5.41) is 27.8. The first kappa shape index (κ1) is 34.0. The van der Waals surface area contributed by atoms with Gasteiger partial charge in [0, 0.05) is 25.0 Å². The molecule has 0 spiro atoms. The van der Waals surface area contributed by atoms with Crippen LogP contribution < -0.4 is 0 Å². The first-order valence-electron chi connectivity index (χ1n) is 14.7. The molecule has 0 radical (unpaired) electrons. The van der Waals surface area contributed by atoms with Crippen LogP contribution in [0.2, 0.25) is 0 Å². The van der Waals surface area contributed by atoms with Crippen LogP contribution in [0.25, 0.3) is 0 Å². The van der Waals surface area contributed by atoms with E-state index in [0.717, 1.165) is 38.5 Å². The number of carbonyl (C=O) groups is 3. The highest BCUT2D eigenvalue weighted by molar-refractivity contribution is 7.59. The zero-order valence-electron chi connectivity index (χ0n) is 24.2. The molecule has 1 aliphatic carbocycles. The van der Waals surface area contributed by atoms with Gasteiger partial charge in [0.2, 0.25) is 13.3 Å². The molecular formula is C30H48NO8P. The van der Waals surface area contributed by atoms with Crippen molar-refractivity contribution in [2.75, 3.05) is 18.9 Å². The molecule has 0 aromatic heterocycles. The Kier molecular flexibility index (Phi) is 14.4. The number of rotatable bonds is 13. The molecule has 4 atom stereocenters. The van der Waals surface area contributed by atoms with Gasteiger partial charge in [-0.2, -0.15) is 0 Å². The lowest BCUT2D eigenvalue weighted by Gasteiger charge is -2.28. The topological polar surface area (TPSA) is 141 Å². The maximum Gasteiger partial charge on any atom is 0.326 e. The molecule has 2 fully saturated rings. The van der Waals surface area contributed by atoms with E-state index < -0.39 is 37.5 Å². The highest BCUT2D eigenvalue weighted by Crippen LogP contribution is 2.50. The predicted molar refractivity (Wildman–Crippen MR) is 154 cm³/mol. The molecule has 1 unspecified atom stereocenters. The molecule has 9 nitrogen and oxygen atoms in total. The van der Waals surface area contributed by atoms with Crippen molar-refractivity contribution >= 4 is 25.2 Å². The fourth-order valence-electron chi connectivity index (χ4n) is 5.44. The smallest absolute Gasteiger partial charge is 0.326 e. The van der Waals surface area contributed by atoms with Crippen LogP contribution >= 0.6 is 7.37 Å². The van der Waals surface area contributed by atoms with Crippen LogP contribution in [0.5, 0.6) is 0 Å². The number of hydrogen-bond acceptors (Lipinski definition) is 6. The van der Waals surface area contributed by atoms with Gasteiger partial charge in [-0.15, -0.1) is 0 Å². The van der Waals surface area contributed by atoms with Gasteiger partial charge in [-0.05, 0) is 43.1 Å². The molecule has 10 heteroatoms. The average Bonchev–Trinajstić information content (AvgIpc) is 3.39. The minimum atomic E-state index is -3.50. The van der Waals surface area contributed by atoms with E-state index in [2.05, 4.69) is 0 Å². The number of likely N-dealkylation sites (tertiary alicyclic amines) is 1. The number of nitrogens with zero attached hydrogens (tertiary/aromatic N) is 1. The number of aliphatic hydroxyl groups is 1. The van der Waals surface area contributed by atoms with E-state index in [4.69, 9.17) is 9.63 Å². The molecule has 3 rings (SSSR count). The first-order chi connectivity index (χ1) is 19.0. The molecule has 3 N–H and O–H groups in total. The van der Waals surface area contributed by atoms with Crippen LogP contribution in [0.1, 0.15) is 84.1 Å². The van der Waals surface area contributed by atoms with Crippen molar-refractivity contribution < 1.29 is 38.8 Å². The van der Waals surface area contributed by atoms with Gasteiger partial charge in [0.05, 0.1) is 0 Å². The number of benzene rings is 1. The van der Waals surface area contributed by atoms with E-state index in [1.807, 2.05) is 30.3 Å². The molecule has 1 heterocycles. The summed E-state index contributed by atoms with van der Waals surface area (Å²) in [7, 11) is -3.50. The van der Waals surface area contributed by atoms with E-state index in [0.29, 0.717) is 25.3 Å². The van der Waals surface area contributed by atoms with Crippen LogP contribution in [0, 0.1) is 17.8 Å². The second kappa shape index (κ2) is 16.9. The predicted octanol–water partition coefficient (Wildman–Crippen LogP) is 5.64. The lowest BCUT2D eigenvalue weighted by molar-refractivity contribution is -0.147. The zero-order chi connectivity index (χ0) is 29.7. The molecule has 1 saturated carbocycles. The third-order valence-corrected chi connectivity index (χ3v) is 10.2. The maximum atomic E-state index is 13.8. The van der Waals surface area contributed by atoms with Crippen LogP contribution in [0.3, 0.4) is 0 Å². The molecular weight excluding hydrogens is 533 g/mol. The number of carboxylic acids is 2. The number of aliphatic carboxylic acids is 2. The summed E-state index contributed by atoms with van der Waals surface area (Å²) >= 11 is 0. The minimum Gasteiger partial charge on any atom is -0.481 e. The van der Waals surface area contributed by atoms with Gasteiger partial charge in [0.1, 0.15) is 12.2 Å². The second-order valence-electron chi connectivity index (χ2n) is 11.4. The van der Waals surface area contributed by atoms with Crippen molar-refractivity contribution in [2.24, 2.45) is 17.8 Å². The Balaban J connectivity index is 0.00000103. The second-order valence-corrected chi connectivity index (χ2v) is 14.0. The van der Waals surface area contributed by atoms with E-state index >= 15 is 0 Å². The average molecular weight is 582 g/mol. The van der Waals surface area contributed by atoms with Crippen molar-refractivity contribution in [3.8, 4) is 0 Å². The fourth-order valence-corrected chi connectivity index (χ4v) is 7.71. The van der Waals surface area contributed by atoms with E-state index in [9.17, 15) is 29.2 Å². The molecule has 0 bridgehead atoms. The lowest BCUT2D eigenvalue weighted by atomic mass is 9.79. The van der Waals surface area contributed by atoms with E-state index in [-0.39, 0.29) is 30.6 Å². The number of unbranched alkanes of at least 4 members (excludes halogenated alkanes) is 1. The standard InChI is InChI=1S/C27H42NO6P.C3H6O2/c1-20(2)27(32)34-35(33,16-10-9-13-21-11-5-3-6-12-21)19-25(29)28-18-23(17-24(28)26(30)31)22-14-7-4-8-15-22;1-2-3(4)5/h3,5-6,11-12,20,22-24,27,32H,4,7-10,13-19H2,1-2H3,(H,30,31);2H2,1H3,(H,4,5)/t23-,24+,27+,35?;/m1./s1. The monoisotopic (exact) mass is 581 g/mol. The number of hydrogen-bond donors (Lipinski definition) is 3.